The van der Waals surface area contributed by atoms with Gasteiger partial charge in [0.05, 0.1) is 16.4 Å². The first-order valence-electron chi connectivity index (χ1n) is 24.6. The first-order valence-corrected chi connectivity index (χ1v) is 18.6. The summed E-state index contributed by atoms with van der Waals surface area (Å²) in [6.45, 7) is 0. The number of hydrogen-bond donors (Lipinski definition) is 0. The molecule has 268 valence electrons. The summed E-state index contributed by atoms with van der Waals surface area (Å²) in [6, 6.07) is 42.6. The summed E-state index contributed by atoms with van der Waals surface area (Å²) in [5.74, 6) is 0. The van der Waals surface area contributed by atoms with Crippen molar-refractivity contribution in [2.24, 2.45) is 0 Å². The molecule has 1 heteroatoms. The number of benzene rings is 10. The van der Waals surface area contributed by atoms with Gasteiger partial charge in [-0.3, -0.25) is 0 Å². The first kappa shape index (κ1) is 23.4. The second-order valence-corrected chi connectivity index (χ2v) is 13.6. The van der Waals surface area contributed by atoms with Gasteiger partial charge in [-0.1, -0.05) is 188 Å². The molecule has 57 heavy (non-hydrogen) atoms. The Kier molecular flexibility index (Phi) is 6.16. The van der Waals surface area contributed by atoms with Crippen molar-refractivity contribution in [3.05, 3.63) is 236 Å². The highest BCUT2D eigenvalue weighted by atomic mass is 15.1. The van der Waals surface area contributed by atoms with Crippen molar-refractivity contribution >= 4 is 38.6 Å². The lowest BCUT2D eigenvalue weighted by atomic mass is 9.89. The van der Waals surface area contributed by atoms with E-state index in [0.717, 1.165) is 37.7 Å². The summed E-state index contributed by atoms with van der Waals surface area (Å²) in [6.07, 6.45) is 0. The van der Waals surface area contributed by atoms with Crippen LogP contribution in [-0.4, -0.2) is 0 Å². The van der Waals surface area contributed by atoms with Crippen molar-refractivity contribution in [3.63, 3.8) is 0 Å². The molecule has 0 aromatic heterocycles. The van der Waals surface area contributed by atoms with Crippen LogP contribution >= 0.6 is 0 Å². The maximum atomic E-state index is 9.80. The second kappa shape index (κ2) is 15.0. The van der Waals surface area contributed by atoms with Crippen LogP contribution in [-0.2, 0) is 0 Å². The fraction of sp³-hybridized carbons (Fsp3) is 0. The van der Waals surface area contributed by atoms with E-state index in [1.54, 1.807) is 30.3 Å². The van der Waals surface area contributed by atoms with Gasteiger partial charge in [-0.05, 0) is 126 Å². The fourth-order valence-corrected chi connectivity index (χ4v) is 7.23. The number of anilines is 3. The maximum absolute atomic E-state index is 9.80. The molecule has 0 radical (unpaired) electrons. The lowest BCUT2D eigenvalue weighted by molar-refractivity contribution is 1.28. The molecule has 0 heterocycles. The quantitative estimate of drug-likeness (QED) is 0.150. The zero-order valence-electron chi connectivity index (χ0n) is 42.5. The Bertz CT molecular complexity index is 3620. The number of hydrogen-bond acceptors (Lipinski definition) is 1. The van der Waals surface area contributed by atoms with E-state index in [1.807, 2.05) is 133 Å². The minimum atomic E-state index is -0.676. The summed E-state index contributed by atoms with van der Waals surface area (Å²) in [5.41, 5.74) is 2.26. The predicted molar refractivity (Wildman–Crippen MR) is 243 cm³/mol. The Morgan fingerprint density at radius 1 is 0.281 bits per heavy atom. The van der Waals surface area contributed by atoms with Gasteiger partial charge in [0.2, 0.25) is 0 Å². The Labute approximate surface area is 351 Å². The van der Waals surface area contributed by atoms with E-state index in [0.29, 0.717) is 27.6 Å². The summed E-state index contributed by atoms with van der Waals surface area (Å²) in [7, 11) is 0. The van der Waals surface area contributed by atoms with Gasteiger partial charge in [-0.15, -0.1) is 0 Å². The Morgan fingerprint density at radius 3 is 1.37 bits per heavy atom. The van der Waals surface area contributed by atoms with Crippen LogP contribution in [0, 0.1) is 0 Å². The van der Waals surface area contributed by atoms with Crippen molar-refractivity contribution < 1.29 is 16.4 Å². The second-order valence-electron chi connectivity index (χ2n) is 13.6. The zero-order chi connectivity index (χ0) is 48.4. The molecule has 0 aliphatic carbocycles. The van der Waals surface area contributed by atoms with E-state index in [1.165, 1.54) is 0 Å². The largest absolute Gasteiger partial charge is 0.311 e. The fourth-order valence-electron chi connectivity index (χ4n) is 7.23. The van der Waals surface area contributed by atoms with Gasteiger partial charge < -0.3 is 4.90 Å². The molecule has 10 aromatic carbocycles. The minimum absolute atomic E-state index is 0.0491. The van der Waals surface area contributed by atoms with Crippen molar-refractivity contribution in [2.45, 2.75) is 0 Å². The SMILES string of the molecule is [2H]c1c([2H])c(N(c2c([2H])c([2H])c(-c3ccc4ccccc4c3)c([2H])c2[2H])c2c([2H])c([2H])c(-c3c(-c4ccccc4)ccc4ccccc34)c([2H])c2[2H])c([2H])c([2H])c1-c1cccc(-c2ccccc2)c1. The van der Waals surface area contributed by atoms with Crippen LogP contribution in [0.4, 0.5) is 17.1 Å². The molecule has 0 unspecified atom stereocenters. The minimum Gasteiger partial charge on any atom is -0.311 e. The normalized spacial score (nSPS) is 14.1. The van der Waals surface area contributed by atoms with E-state index in [9.17, 15) is 16.4 Å². The number of rotatable bonds is 8. The van der Waals surface area contributed by atoms with Crippen LogP contribution in [0.3, 0.4) is 0 Å². The van der Waals surface area contributed by atoms with Crippen LogP contribution in [0.2, 0.25) is 0 Å². The Balaban J connectivity index is 1.27. The summed E-state index contributed by atoms with van der Waals surface area (Å²) < 4.78 is 115. The average Bonchev–Trinajstić information content (AvgIpc) is 3.37. The van der Waals surface area contributed by atoms with Crippen LogP contribution < -0.4 is 4.90 Å². The van der Waals surface area contributed by atoms with Gasteiger partial charge in [0, 0.05) is 17.1 Å². The van der Waals surface area contributed by atoms with Crippen molar-refractivity contribution in [1.29, 1.82) is 0 Å². The summed E-state index contributed by atoms with van der Waals surface area (Å²) in [4.78, 5) is 0.863. The Morgan fingerprint density at radius 2 is 0.737 bits per heavy atom. The average molecular weight is 738 g/mol. The molecule has 10 aromatic rings. The molecule has 0 N–H and O–H groups in total. The smallest absolute Gasteiger partial charge is 0.0645 e. The topological polar surface area (TPSA) is 3.24 Å². The van der Waals surface area contributed by atoms with Crippen molar-refractivity contribution in [1.82, 2.24) is 0 Å². The molecule has 1 nitrogen and oxygen atoms in total. The first-order chi connectivity index (χ1) is 33.3. The highest BCUT2D eigenvalue weighted by Gasteiger charge is 2.16. The third kappa shape index (κ3) is 6.77. The standard InChI is InChI=1S/C56H39N/c1-3-12-40(13-4-1)48-19-11-20-49(38-48)42-24-31-51(32-25-42)57(52-33-26-43(27-34-52)50-23-22-41-14-7-8-18-47(41)39-50)53-35-28-46(29-36-53)56-54-21-10-9-17-45(54)30-37-55(56)44-15-5-2-6-16-44/h1-39H/i24D,25D,26D,27D,28D,29D,31D,32D,33D,34D,35D,36D. The summed E-state index contributed by atoms with van der Waals surface area (Å²) >= 11 is 0. The molecule has 0 fully saturated rings. The van der Waals surface area contributed by atoms with Crippen LogP contribution in [0.25, 0.3) is 77.2 Å². The number of fused-ring (bicyclic) bond motifs is 2. The predicted octanol–water partition coefficient (Wildman–Crippen LogP) is 15.8. The molecule has 0 saturated carbocycles. The molecule has 0 saturated heterocycles. The van der Waals surface area contributed by atoms with Crippen LogP contribution in [0.15, 0.2) is 236 Å². The molecular weight excluding hydrogens is 687 g/mol. The highest BCUT2D eigenvalue weighted by molar-refractivity contribution is 6.04. The van der Waals surface area contributed by atoms with Crippen molar-refractivity contribution in [3.8, 4) is 55.6 Å². The molecule has 0 aliphatic heterocycles. The van der Waals surface area contributed by atoms with E-state index in [-0.39, 0.29) is 16.7 Å². The lowest BCUT2D eigenvalue weighted by Gasteiger charge is -2.26. The van der Waals surface area contributed by atoms with E-state index < -0.39 is 89.6 Å². The molecule has 0 spiro atoms. The lowest BCUT2D eigenvalue weighted by Crippen LogP contribution is -2.09. The van der Waals surface area contributed by atoms with E-state index in [4.69, 9.17) is 0 Å². The van der Waals surface area contributed by atoms with Crippen LogP contribution in [0.1, 0.15) is 16.4 Å². The number of nitrogens with zero attached hydrogens (tertiary/aromatic N) is 1. The van der Waals surface area contributed by atoms with Gasteiger partial charge in [0.25, 0.3) is 0 Å². The van der Waals surface area contributed by atoms with Gasteiger partial charge in [0.15, 0.2) is 0 Å². The van der Waals surface area contributed by atoms with Gasteiger partial charge in [-0.2, -0.15) is 0 Å². The van der Waals surface area contributed by atoms with E-state index >= 15 is 0 Å². The van der Waals surface area contributed by atoms with Crippen molar-refractivity contribution in [2.75, 3.05) is 4.90 Å². The maximum Gasteiger partial charge on any atom is 0.0645 e. The van der Waals surface area contributed by atoms with Gasteiger partial charge in [-0.25, -0.2) is 0 Å². The van der Waals surface area contributed by atoms with Gasteiger partial charge in [0.1, 0.15) is 0 Å². The molecular formula is C56H39N. The third-order valence-electron chi connectivity index (χ3n) is 10.1. The molecule has 10 rings (SSSR count). The highest BCUT2D eigenvalue weighted by Crippen LogP contribution is 2.42. The van der Waals surface area contributed by atoms with Gasteiger partial charge >= 0.3 is 0 Å². The zero-order valence-corrected chi connectivity index (χ0v) is 30.5. The molecule has 0 atom stereocenters. The Hall–Kier alpha value is -7.48. The van der Waals surface area contributed by atoms with Crippen LogP contribution in [0.5, 0.6) is 0 Å². The van der Waals surface area contributed by atoms with E-state index in [2.05, 4.69) is 0 Å². The molecule has 0 aliphatic rings. The third-order valence-corrected chi connectivity index (χ3v) is 10.1. The molecule has 0 bridgehead atoms. The summed E-state index contributed by atoms with van der Waals surface area (Å²) in [5, 5.41) is 3.12. The monoisotopic (exact) mass is 737 g/mol. The molecule has 0 amide bonds.